The Labute approximate surface area is 157 Å². The van der Waals surface area contributed by atoms with Crippen LogP contribution in [0.4, 0.5) is 10.5 Å². The van der Waals surface area contributed by atoms with E-state index in [4.69, 9.17) is 0 Å². The lowest BCUT2D eigenvalue weighted by molar-refractivity contribution is -0.126. The summed E-state index contributed by atoms with van der Waals surface area (Å²) in [5.41, 5.74) is 0.793. The first kappa shape index (κ1) is 18.2. The van der Waals surface area contributed by atoms with Gasteiger partial charge in [0.15, 0.2) is 0 Å². The van der Waals surface area contributed by atoms with Gasteiger partial charge in [-0.3, -0.25) is 4.79 Å². The summed E-state index contributed by atoms with van der Waals surface area (Å²) in [6.07, 6.45) is 7.31. The third kappa shape index (κ3) is 5.21. The minimum absolute atomic E-state index is 0.0700. The summed E-state index contributed by atoms with van der Waals surface area (Å²) in [6.45, 7) is 1.36. The van der Waals surface area contributed by atoms with Crippen molar-refractivity contribution in [3.63, 3.8) is 0 Å². The molecule has 0 spiro atoms. The van der Waals surface area contributed by atoms with E-state index in [0.717, 1.165) is 35.8 Å². The van der Waals surface area contributed by atoms with E-state index in [-0.39, 0.29) is 23.9 Å². The number of likely N-dealkylation sites (tertiary alicyclic amines) is 1. The predicted octanol–water partition coefficient (Wildman–Crippen LogP) is 4.14. The molecule has 2 aliphatic rings. The first-order valence-electron chi connectivity index (χ1n) is 9.24. The monoisotopic (exact) mass is 407 g/mol. The van der Waals surface area contributed by atoms with Crippen LogP contribution in [-0.2, 0) is 4.79 Å². The van der Waals surface area contributed by atoms with Crippen LogP contribution in [0, 0.1) is 5.92 Å². The Balaban J connectivity index is 1.42. The van der Waals surface area contributed by atoms with Crippen molar-refractivity contribution >= 4 is 33.6 Å². The molecule has 0 bridgehead atoms. The zero-order chi connectivity index (χ0) is 17.6. The molecule has 0 aromatic heterocycles. The fraction of sp³-hybridized carbons (Fsp3) is 0.579. The molecule has 5 nitrogen and oxygen atoms in total. The molecule has 1 aliphatic carbocycles. The summed E-state index contributed by atoms with van der Waals surface area (Å²) >= 11 is 3.39. The molecule has 3 rings (SSSR count). The maximum atomic E-state index is 12.3. The number of hydrogen-bond acceptors (Lipinski definition) is 2. The Hall–Kier alpha value is -1.56. The lowest BCUT2D eigenvalue weighted by Crippen LogP contribution is -2.49. The summed E-state index contributed by atoms with van der Waals surface area (Å²) in [5.74, 6) is 0.421. The van der Waals surface area contributed by atoms with E-state index in [9.17, 15) is 9.59 Å². The van der Waals surface area contributed by atoms with Gasteiger partial charge in [0, 0.05) is 35.2 Å². The van der Waals surface area contributed by atoms with Gasteiger partial charge in [-0.05, 0) is 49.9 Å². The Morgan fingerprint density at radius 2 is 1.60 bits per heavy atom. The average molecular weight is 408 g/mol. The van der Waals surface area contributed by atoms with Crippen molar-refractivity contribution in [1.29, 1.82) is 0 Å². The van der Waals surface area contributed by atoms with Gasteiger partial charge in [-0.25, -0.2) is 4.79 Å². The molecule has 0 radical (unpaired) electrons. The van der Waals surface area contributed by atoms with Crippen LogP contribution in [0.1, 0.15) is 44.9 Å². The fourth-order valence-corrected chi connectivity index (χ4v) is 3.91. The topological polar surface area (TPSA) is 61.4 Å². The van der Waals surface area contributed by atoms with Crippen LogP contribution in [-0.4, -0.2) is 36.0 Å². The average Bonchev–Trinajstić information content (AvgIpc) is 2.65. The number of halogens is 1. The molecule has 25 heavy (non-hydrogen) atoms. The SMILES string of the molecule is O=C(NC1CCN(C(=O)Nc2ccc(Br)cc2)CC1)C1CCCCC1. The number of carbonyl (C=O) groups is 2. The zero-order valence-electron chi connectivity index (χ0n) is 14.5. The molecule has 3 amide bonds. The second-order valence-electron chi connectivity index (χ2n) is 7.04. The highest BCUT2D eigenvalue weighted by Gasteiger charge is 2.27. The molecule has 1 aliphatic heterocycles. The van der Waals surface area contributed by atoms with Gasteiger partial charge in [0.1, 0.15) is 0 Å². The number of benzene rings is 1. The zero-order valence-corrected chi connectivity index (χ0v) is 16.1. The third-order valence-electron chi connectivity index (χ3n) is 5.20. The van der Waals surface area contributed by atoms with Crippen molar-refractivity contribution in [3.05, 3.63) is 28.7 Å². The van der Waals surface area contributed by atoms with Crippen LogP contribution in [0.15, 0.2) is 28.7 Å². The Morgan fingerprint density at radius 1 is 0.960 bits per heavy atom. The minimum atomic E-state index is -0.0700. The van der Waals surface area contributed by atoms with E-state index in [2.05, 4.69) is 26.6 Å². The van der Waals surface area contributed by atoms with Gasteiger partial charge in [0.2, 0.25) is 5.91 Å². The number of anilines is 1. The highest BCUT2D eigenvalue weighted by atomic mass is 79.9. The molecule has 1 aromatic rings. The number of nitrogens with zero attached hydrogens (tertiary/aromatic N) is 1. The van der Waals surface area contributed by atoms with E-state index in [1.165, 1.54) is 19.3 Å². The van der Waals surface area contributed by atoms with Crippen molar-refractivity contribution in [2.75, 3.05) is 18.4 Å². The molecule has 0 unspecified atom stereocenters. The number of piperidine rings is 1. The summed E-state index contributed by atoms with van der Waals surface area (Å²) in [5, 5.41) is 6.13. The van der Waals surface area contributed by atoms with E-state index >= 15 is 0 Å². The highest BCUT2D eigenvalue weighted by Crippen LogP contribution is 2.24. The Morgan fingerprint density at radius 3 is 2.24 bits per heavy atom. The normalized spacial score (nSPS) is 19.5. The number of urea groups is 1. The number of rotatable bonds is 3. The van der Waals surface area contributed by atoms with Crippen molar-refractivity contribution in [1.82, 2.24) is 10.2 Å². The van der Waals surface area contributed by atoms with E-state index in [1.54, 1.807) is 0 Å². The molecule has 1 aromatic carbocycles. The molecule has 1 saturated carbocycles. The van der Waals surface area contributed by atoms with Crippen molar-refractivity contribution in [3.8, 4) is 0 Å². The second-order valence-corrected chi connectivity index (χ2v) is 7.96. The molecule has 0 atom stereocenters. The van der Waals surface area contributed by atoms with Gasteiger partial charge in [-0.1, -0.05) is 35.2 Å². The van der Waals surface area contributed by atoms with Gasteiger partial charge >= 0.3 is 6.03 Å². The van der Waals surface area contributed by atoms with Gasteiger partial charge in [0.25, 0.3) is 0 Å². The van der Waals surface area contributed by atoms with Crippen LogP contribution >= 0.6 is 15.9 Å². The first-order chi connectivity index (χ1) is 12.1. The van der Waals surface area contributed by atoms with E-state index < -0.39 is 0 Å². The lowest BCUT2D eigenvalue weighted by atomic mass is 9.88. The fourth-order valence-electron chi connectivity index (χ4n) is 3.65. The van der Waals surface area contributed by atoms with E-state index in [1.807, 2.05) is 29.2 Å². The maximum absolute atomic E-state index is 12.3. The molecule has 1 saturated heterocycles. The number of amides is 3. The van der Waals surface area contributed by atoms with Gasteiger partial charge in [-0.2, -0.15) is 0 Å². The molecular weight excluding hydrogens is 382 g/mol. The minimum Gasteiger partial charge on any atom is -0.353 e. The highest BCUT2D eigenvalue weighted by molar-refractivity contribution is 9.10. The number of nitrogens with one attached hydrogen (secondary N) is 2. The Kier molecular flexibility index (Phi) is 6.34. The van der Waals surface area contributed by atoms with Crippen molar-refractivity contribution in [2.24, 2.45) is 5.92 Å². The summed E-state index contributed by atoms with van der Waals surface area (Å²) in [6, 6.07) is 7.69. The molecular formula is C19H26BrN3O2. The Bertz CT molecular complexity index is 591. The molecule has 2 N–H and O–H groups in total. The van der Waals surface area contributed by atoms with Crippen LogP contribution in [0.2, 0.25) is 0 Å². The first-order valence-corrected chi connectivity index (χ1v) is 10.0. The van der Waals surface area contributed by atoms with E-state index in [0.29, 0.717) is 13.1 Å². The van der Waals surface area contributed by atoms with Gasteiger partial charge in [-0.15, -0.1) is 0 Å². The third-order valence-corrected chi connectivity index (χ3v) is 5.73. The molecule has 6 heteroatoms. The standard InChI is InChI=1S/C19H26BrN3O2/c20-15-6-8-16(9-7-15)22-19(25)23-12-10-17(11-13-23)21-18(24)14-4-2-1-3-5-14/h6-9,14,17H,1-5,10-13H2,(H,21,24)(H,22,25). The second kappa shape index (κ2) is 8.70. The molecule has 1 heterocycles. The lowest BCUT2D eigenvalue weighted by Gasteiger charge is -2.33. The van der Waals surface area contributed by atoms with Crippen LogP contribution in [0.25, 0.3) is 0 Å². The summed E-state index contributed by atoms with van der Waals surface area (Å²) in [4.78, 5) is 26.5. The van der Waals surface area contributed by atoms with Crippen LogP contribution in [0.3, 0.4) is 0 Å². The quantitative estimate of drug-likeness (QED) is 0.790. The summed E-state index contributed by atoms with van der Waals surface area (Å²) < 4.78 is 0.986. The molecule has 2 fully saturated rings. The smallest absolute Gasteiger partial charge is 0.321 e. The number of carbonyl (C=O) groups excluding carboxylic acids is 2. The maximum Gasteiger partial charge on any atom is 0.321 e. The largest absolute Gasteiger partial charge is 0.353 e. The van der Waals surface area contributed by atoms with Gasteiger partial charge in [0.05, 0.1) is 0 Å². The van der Waals surface area contributed by atoms with Crippen molar-refractivity contribution in [2.45, 2.75) is 51.0 Å². The van der Waals surface area contributed by atoms with Crippen LogP contribution in [0.5, 0.6) is 0 Å². The number of hydrogen-bond donors (Lipinski definition) is 2. The van der Waals surface area contributed by atoms with Gasteiger partial charge < -0.3 is 15.5 Å². The summed E-state index contributed by atoms with van der Waals surface area (Å²) in [7, 11) is 0. The molecule has 136 valence electrons. The predicted molar refractivity (Wildman–Crippen MR) is 102 cm³/mol. The van der Waals surface area contributed by atoms with Crippen LogP contribution < -0.4 is 10.6 Å². The van der Waals surface area contributed by atoms with Crippen molar-refractivity contribution < 1.29 is 9.59 Å².